The minimum absolute atomic E-state index is 0.0360. The van der Waals surface area contributed by atoms with Crippen molar-refractivity contribution in [2.75, 3.05) is 26.2 Å². The molecule has 146 valence electrons. The van der Waals surface area contributed by atoms with Crippen molar-refractivity contribution < 1.29 is 13.2 Å². The summed E-state index contributed by atoms with van der Waals surface area (Å²) in [5.74, 6) is 0.0360. The van der Waals surface area contributed by atoms with Crippen LogP contribution in [-0.4, -0.2) is 54.3 Å². The lowest BCUT2D eigenvalue weighted by Gasteiger charge is -2.26. The predicted octanol–water partition coefficient (Wildman–Crippen LogP) is 2.98. The second-order valence-electron chi connectivity index (χ2n) is 7.63. The molecule has 27 heavy (non-hydrogen) atoms. The van der Waals surface area contributed by atoms with Crippen LogP contribution in [0.2, 0.25) is 0 Å². The summed E-state index contributed by atoms with van der Waals surface area (Å²) in [5.41, 5.74) is 1.51. The fourth-order valence-corrected chi connectivity index (χ4v) is 5.76. The van der Waals surface area contributed by atoms with E-state index < -0.39 is 10.0 Å². The smallest absolute Gasteiger partial charge is 0.270 e. The van der Waals surface area contributed by atoms with E-state index in [0.29, 0.717) is 23.7 Å². The summed E-state index contributed by atoms with van der Waals surface area (Å²) in [7, 11) is -1.60. The van der Waals surface area contributed by atoms with Crippen molar-refractivity contribution in [2.45, 2.75) is 43.4 Å². The number of carbonyl (C=O) groups excluding carboxylic acids is 1. The van der Waals surface area contributed by atoms with Gasteiger partial charge in [-0.15, -0.1) is 0 Å². The van der Waals surface area contributed by atoms with Crippen molar-refractivity contribution in [3.8, 4) is 0 Å². The van der Waals surface area contributed by atoms with Gasteiger partial charge in [0.05, 0.1) is 4.90 Å². The van der Waals surface area contributed by atoms with Crippen molar-refractivity contribution in [3.63, 3.8) is 0 Å². The van der Waals surface area contributed by atoms with E-state index >= 15 is 0 Å². The van der Waals surface area contributed by atoms with E-state index in [0.717, 1.165) is 56.1 Å². The highest BCUT2D eigenvalue weighted by molar-refractivity contribution is 7.89. The number of carbonyl (C=O) groups is 1. The third kappa shape index (κ3) is 3.38. The summed E-state index contributed by atoms with van der Waals surface area (Å²) < 4.78 is 29.4. The molecule has 2 saturated heterocycles. The first kappa shape index (κ1) is 18.5. The molecule has 0 atom stereocenters. The highest BCUT2D eigenvalue weighted by Crippen LogP contribution is 2.27. The molecular formula is C20H27N3O3S. The van der Waals surface area contributed by atoms with Crippen molar-refractivity contribution in [1.82, 2.24) is 13.8 Å². The maximum Gasteiger partial charge on any atom is 0.270 e. The number of aromatic nitrogens is 1. The molecule has 3 heterocycles. The number of fused-ring (bicyclic) bond motifs is 1. The molecule has 2 aromatic rings. The monoisotopic (exact) mass is 389 g/mol. The molecule has 2 aliphatic heterocycles. The van der Waals surface area contributed by atoms with E-state index in [1.54, 1.807) is 16.4 Å². The van der Waals surface area contributed by atoms with Crippen LogP contribution in [0.4, 0.5) is 0 Å². The van der Waals surface area contributed by atoms with E-state index in [9.17, 15) is 13.2 Å². The van der Waals surface area contributed by atoms with Crippen LogP contribution in [0.1, 0.15) is 49.0 Å². The maximum absolute atomic E-state index is 12.9. The Hall–Kier alpha value is -1.86. The summed E-state index contributed by atoms with van der Waals surface area (Å²) in [6.45, 7) is 2.78. The highest BCUT2D eigenvalue weighted by atomic mass is 32.2. The molecule has 7 heteroatoms. The zero-order valence-corrected chi connectivity index (χ0v) is 16.7. The molecule has 1 aromatic heterocycles. The normalized spacial score (nSPS) is 19.5. The Morgan fingerprint density at radius 3 is 2.19 bits per heavy atom. The average Bonchev–Trinajstić information content (AvgIpc) is 3.05. The number of piperidine rings is 2. The first-order chi connectivity index (χ1) is 13.0. The lowest BCUT2D eigenvalue weighted by Crippen LogP contribution is -2.36. The second kappa shape index (κ2) is 7.28. The van der Waals surface area contributed by atoms with Crippen LogP contribution in [0.15, 0.2) is 29.2 Å². The zero-order valence-electron chi connectivity index (χ0n) is 15.9. The molecular weight excluding hydrogens is 362 g/mol. The molecule has 1 aromatic carbocycles. The van der Waals surface area contributed by atoms with Crippen molar-refractivity contribution in [1.29, 1.82) is 0 Å². The number of sulfonamides is 1. The molecule has 0 N–H and O–H groups in total. The van der Waals surface area contributed by atoms with Gasteiger partial charge < -0.3 is 9.47 Å². The number of aryl methyl sites for hydroxylation is 1. The molecule has 2 aliphatic rings. The number of nitrogens with zero attached hydrogens (tertiary/aromatic N) is 3. The summed E-state index contributed by atoms with van der Waals surface area (Å²) in [6, 6.07) is 7.04. The number of hydrogen-bond acceptors (Lipinski definition) is 3. The van der Waals surface area contributed by atoms with Crippen LogP contribution in [0.3, 0.4) is 0 Å². The van der Waals surface area contributed by atoms with Gasteiger partial charge in [0.2, 0.25) is 10.0 Å². The average molecular weight is 390 g/mol. The zero-order chi connectivity index (χ0) is 19.0. The molecule has 2 fully saturated rings. The first-order valence-electron chi connectivity index (χ1n) is 9.87. The number of amides is 1. The van der Waals surface area contributed by atoms with Gasteiger partial charge in [-0.1, -0.05) is 6.42 Å². The van der Waals surface area contributed by atoms with Crippen LogP contribution in [-0.2, 0) is 17.1 Å². The van der Waals surface area contributed by atoms with E-state index in [1.165, 1.54) is 6.42 Å². The first-order valence-corrected chi connectivity index (χ1v) is 11.3. The van der Waals surface area contributed by atoms with Gasteiger partial charge in [0.1, 0.15) is 5.69 Å². The fraction of sp³-hybridized carbons (Fsp3) is 0.550. The van der Waals surface area contributed by atoms with E-state index in [-0.39, 0.29) is 5.91 Å². The number of benzene rings is 1. The molecule has 0 bridgehead atoms. The van der Waals surface area contributed by atoms with Crippen LogP contribution in [0, 0.1) is 0 Å². The van der Waals surface area contributed by atoms with Crippen LogP contribution in [0.5, 0.6) is 0 Å². The van der Waals surface area contributed by atoms with Crippen LogP contribution >= 0.6 is 0 Å². The highest BCUT2D eigenvalue weighted by Gasteiger charge is 2.27. The Labute approximate surface area is 160 Å². The van der Waals surface area contributed by atoms with E-state index in [2.05, 4.69) is 0 Å². The molecule has 6 nitrogen and oxygen atoms in total. The molecule has 0 aliphatic carbocycles. The number of hydrogen-bond donors (Lipinski definition) is 0. The SMILES string of the molecule is Cn1c(C(=O)N2CCCCC2)cc2cc(S(=O)(=O)N3CCCCC3)ccc21. The number of likely N-dealkylation sites (tertiary alicyclic amines) is 1. The van der Waals surface area contributed by atoms with Crippen LogP contribution in [0.25, 0.3) is 10.9 Å². The van der Waals surface area contributed by atoms with Crippen molar-refractivity contribution >= 4 is 26.8 Å². The Bertz CT molecular complexity index is 952. The Morgan fingerprint density at radius 2 is 1.52 bits per heavy atom. The Balaban J connectivity index is 1.68. The lowest BCUT2D eigenvalue weighted by atomic mass is 10.1. The minimum atomic E-state index is -3.47. The van der Waals surface area contributed by atoms with Gasteiger partial charge in [0.15, 0.2) is 0 Å². The molecule has 0 unspecified atom stereocenters. The third-order valence-corrected chi connectivity index (χ3v) is 7.72. The largest absolute Gasteiger partial charge is 0.340 e. The Morgan fingerprint density at radius 1 is 0.889 bits per heavy atom. The van der Waals surface area contributed by atoms with Gasteiger partial charge in [-0.3, -0.25) is 4.79 Å². The second-order valence-corrected chi connectivity index (χ2v) is 9.56. The Kier molecular flexibility index (Phi) is 4.99. The molecule has 0 radical (unpaired) electrons. The predicted molar refractivity (Wildman–Crippen MR) is 105 cm³/mol. The van der Waals surface area contributed by atoms with Crippen LogP contribution < -0.4 is 0 Å². The van der Waals surface area contributed by atoms with Gasteiger partial charge in [-0.2, -0.15) is 4.31 Å². The van der Waals surface area contributed by atoms with Gasteiger partial charge in [0.25, 0.3) is 5.91 Å². The van der Waals surface area contributed by atoms with Gasteiger partial charge >= 0.3 is 0 Å². The molecule has 1 amide bonds. The lowest BCUT2D eigenvalue weighted by molar-refractivity contribution is 0.0715. The molecule has 0 saturated carbocycles. The molecule has 4 rings (SSSR count). The summed E-state index contributed by atoms with van der Waals surface area (Å²) in [5, 5.41) is 0.802. The van der Waals surface area contributed by atoms with Crippen molar-refractivity contribution in [3.05, 3.63) is 30.0 Å². The number of rotatable bonds is 3. The fourth-order valence-electron chi connectivity index (χ4n) is 4.21. The summed E-state index contributed by atoms with van der Waals surface area (Å²) >= 11 is 0. The maximum atomic E-state index is 12.9. The standard InChI is InChI=1S/C20H27N3O3S/c1-21-18-9-8-17(27(25,26)23-12-6-3-7-13-23)14-16(18)15-19(21)20(24)22-10-4-2-5-11-22/h8-9,14-15H,2-7,10-13H2,1H3. The van der Waals surface area contributed by atoms with Crippen molar-refractivity contribution in [2.24, 2.45) is 7.05 Å². The van der Waals surface area contributed by atoms with Gasteiger partial charge in [-0.25, -0.2) is 8.42 Å². The topological polar surface area (TPSA) is 62.6 Å². The minimum Gasteiger partial charge on any atom is -0.340 e. The van der Waals surface area contributed by atoms with E-state index in [1.807, 2.05) is 28.6 Å². The summed E-state index contributed by atoms with van der Waals surface area (Å²) in [4.78, 5) is 15.1. The third-order valence-electron chi connectivity index (χ3n) is 5.83. The quantitative estimate of drug-likeness (QED) is 0.811. The van der Waals surface area contributed by atoms with E-state index in [4.69, 9.17) is 0 Å². The summed E-state index contributed by atoms with van der Waals surface area (Å²) in [6.07, 6.45) is 6.20. The van der Waals surface area contributed by atoms with Gasteiger partial charge in [0, 0.05) is 44.1 Å². The molecule has 0 spiro atoms. The van der Waals surface area contributed by atoms with Gasteiger partial charge in [-0.05, 0) is 56.4 Å².